The highest BCUT2D eigenvalue weighted by molar-refractivity contribution is 6.47. The monoisotopic (exact) mass is 508 g/mol. The zero-order valence-corrected chi connectivity index (χ0v) is 20.0. The van der Waals surface area contributed by atoms with Crippen LogP contribution in [-0.4, -0.2) is 66.0 Å². The maximum atomic E-state index is 13.1. The van der Waals surface area contributed by atoms with Crippen LogP contribution < -0.4 is 0 Å². The summed E-state index contributed by atoms with van der Waals surface area (Å²) in [6, 6.07) is 10.5. The Labute approximate surface area is 207 Å². The molecular formula is C24H23Cl3N2O4. The Hall–Kier alpha value is -2.09. The van der Waals surface area contributed by atoms with Crippen molar-refractivity contribution in [3.05, 3.63) is 74.2 Å². The smallest absolute Gasteiger partial charge is 0.295 e. The second-order valence-electron chi connectivity index (χ2n) is 7.97. The summed E-state index contributed by atoms with van der Waals surface area (Å²) in [6.07, 6.45) is 0.662. The molecule has 0 bridgehead atoms. The third-order valence-electron chi connectivity index (χ3n) is 5.89. The summed E-state index contributed by atoms with van der Waals surface area (Å²) in [5, 5.41) is 12.3. The minimum absolute atomic E-state index is 0.00193. The van der Waals surface area contributed by atoms with Crippen molar-refractivity contribution in [2.24, 2.45) is 0 Å². The van der Waals surface area contributed by atoms with Crippen LogP contribution in [0.4, 0.5) is 0 Å². The minimum Gasteiger partial charge on any atom is -0.507 e. The van der Waals surface area contributed by atoms with E-state index in [1.54, 1.807) is 42.5 Å². The van der Waals surface area contributed by atoms with Crippen molar-refractivity contribution >= 4 is 52.3 Å². The molecule has 1 amide bonds. The van der Waals surface area contributed by atoms with Gasteiger partial charge in [-0.3, -0.25) is 14.5 Å². The number of morpholine rings is 1. The molecule has 2 aliphatic heterocycles. The molecule has 2 fully saturated rings. The third-order valence-corrected chi connectivity index (χ3v) is 6.71. The number of amides is 1. The number of ketones is 1. The first-order valence-electron chi connectivity index (χ1n) is 10.7. The van der Waals surface area contributed by atoms with Crippen LogP contribution in [0.5, 0.6) is 0 Å². The van der Waals surface area contributed by atoms with E-state index in [0.717, 1.165) is 19.6 Å². The second-order valence-corrected chi connectivity index (χ2v) is 9.25. The fraction of sp³-hybridized carbons (Fsp3) is 0.333. The van der Waals surface area contributed by atoms with Crippen LogP contribution in [0.1, 0.15) is 23.6 Å². The zero-order valence-electron chi connectivity index (χ0n) is 17.8. The van der Waals surface area contributed by atoms with Crippen LogP contribution in [-0.2, 0) is 14.3 Å². The number of likely N-dealkylation sites (tertiary alicyclic amines) is 1. The number of hydrogen-bond donors (Lipinski definition) is 1. The highest BCUT2D eigenvalue weighted by atomic mass is 35.5. The molecule has 0 unspecified atom stereocenters. The lowest BCUT2D eigenvalue weighted by atomic mass is 9.95. The maximum absolute atomic E-state index is 13.1. The molecule has 2 aromatic rings. The molecule has 4 rings (SSSR count). The zero-order chi connectivity index (χ0) is 23.5. The molecule has 33 heavy (non-hydrogen) atoms. The highest BCUT2D eigenvalue weighted by Gasteiger charge is 2.46. The van der Waals surface area contributed by atoms with Gasteiger partial charge in [0, 0.05) is 46.8 Å². The molecule has 2 aromatic carbocycles. The van der Waals surface area contributed by atoms with Gasteiger partial charge in [0.05, 0.1) is 24.8 Å². The largest absolute Gasteiger partial charge is 0.507 e. The lowest BCUT2D eigenvalue weighted by Crippen LogP contribution is -2.39. The molecule has 6 nitrogen and oxygen atoms in total. The number of carbonyl (C=O) groups excluding carboxylic acids is 2. The quantitative estimate of drug-likeness (QED) is 0.344. The summed E-state index contributed by atoms with van der Waals surface area (Å²) in [6.45, 7) is 4.15. The van der Waals surface area contributed by atoms with Gasteiger partial charge in [-0.05, 0) is 48.4 Å². The van der Waals surface area contributed by atoms with E-state index in [1.807, 2.05) is 0 Å². The molecule has 1 atom stereocenters. The Kier molecular flexibility index (Phi) is 7.62. The van der Waals surface area contributed by atoms with Gasteiger partial charge in [0.1, 0.15) is 5.76 Å². The van der Waals surface area contributed by atoms with E-state index >= 15 is 0 Å². The van der Waals surface area contributed by atoms with Crippen LogP contribution in [0.15, 0.2) is 48.0 Å². The predicted molar refractivity (Wildman–Crippen MR) is 129 cm³/mol. The molecule has 2 heterocycles. The molecule has 2 aliphatic rings. The van der Waals surface area contributed by atoms with Crippen molar-refractivity contribution in [3.8, 4) is 0 Å². The molecule has 0 aliphatic carbocycles. The fourth-order valence-corrected chi connectivity index (χ4v) is 4.85. The number of carbonyl (C=O) groups is 2. The SMILES string of the molecule is O=C1C(=O)N(CCCN2CCOCC2)[C@@H](c2ccc(Cl)cc2Cl)/C1=C(\O)c1ccc(Cl)cc1. The van der Waals surface area contributed by atoms with Crippen LogP contribution in [0.2, 0.25) is 15.1 Å². The highest BCUT2D eigenvalue weighted by Crippen LogP contribution is 2.42. The van der Waals surface area contributed by atoms with Gasteiger partial charge in [-0.1, -0.05) is 40.9 Å². The number of halogens is 3. The summed E-state index contributed by atoms with van der Waals surface area (Å²) in [4.78, 5) is 29.9. The first-order chi connectivity index (χ1) is 15.9. The number of hydrogen-bond acceptors (Lipinski definition) is 5. The van der Waals surface area contributed by atoms with Crippen LogP contribution in [0, 0.1) is 0 Å². The first kappa shape index (κ1) is 24.0. The number of Topliss-reactive ketones (excluding diaryl/α,β-unsaturated/α-hetero) is 1. The second kappa shape index (κ2) is 10.5. The van der Waals surface area contributed by atoms with Gasteiger partial charge in [0.25, 0.3) is 11.7 Å². The maximum Gasteiger partial charge on any atom is 0.295 e. The molecule has 0 spiro atoms. The van der Waals surface area contributed by atoms with Crippen LogP contribution in [0.3, 0.4) is 0 Å². The molecule has 0 radical (unpaired) electrons. The van der Waals surface area contributed by atoms with Crippen molar-refractivity contribution in [1.82, 2.24) is 9.80 Å². The van der Waals surface area contributed by atoms with Crippen molar-refractivity contribution in [3.63, 3.8) is 0 Å². The van der Waals surface area contributed by atoms with E-state index in [1.165, 1.54) is 4.90 Å². The Morgan fingerprint density at radius 2 is 1.64 bits per heavy atom. The number of aliphatic hydroxyl groups excluding tert-OH is 1. The van der Waals surface area contributed by atoms with Crippen molar-refractivity contribution < 1.29 is 19.4 Å². The Balaban J connectivity index is 1.70. The lowest BCUT2D eigenvalue weighted by Gasteiger charge is -2.29. The number of nitrogens with zero attached hydrogens (tertiary/aromatic N) is 2. The van der Waals surface area contributed by atoms with Crippen molar-refractivity contribution in [1.29, 1.82) is 0 Å². The van der Waals surface area contributed by atoms with E-state index < -0.39 is 17.7 Å². The summed E-state index contributed by atoms with van der Waals surface area (Å²) in [5.41, 5.74) is 0.917. The topological polar surface area (TPSA) is 70.1 Å². The molecule has 1 N–H and O–H groups in total. The Morgan fingerprint density at radius 3 is 2.30 bits per heavy atom. The number of ether oxygens (including phenoxy) is 1. The van der Waals surface area contributed by atoms with Gasteiger partial charge < -0.3 is 14.7 Å². The molecule has 174 valence electrons. The van der Waals surface area contributed by atoms with E-state index in [-0.39, 0.29) is 11.3 Å². The first-order valence-corrected chi connectivity index (χ1v) is 11.8. The van der Waals surface area contributed by atoms with Gasteiger partial charge in [-0.25, -0.2) is 0 Å². The fourth-order valence-electron chi connectivity index (χ4n) is 4.21. The summed E-state index contributed by atoms with van der Waals surface area (Å²) in [7, 11) is 0. The molecule has 0 saturated carbocycles. The molecule has 0 aromatic heterocycles. The normalized spacial score (nSPS) is 21.1. The van der Waals surface area contributed by atoms with Gasteiger partial charge in [-0.15, -0.1) is 0 Å². The Morgan fingerprint density at radius 1 is 0.970 bits per heavy atom. The van der Waals surface area contributed by atoms with E-state index in [2.05, 4.69) is 4.90 Å². The molecule has 2 saturated heterocycles. The molecular weight excluding hydrogens is 487 g/mol. The summed E-state index contributed by atoms with van der Waals surface area (Å²) >= 11 is 18.5. The average molecular weight is 510 g/mol. The summed E-state index contributed by atoms with van der Waals surface area (Å²) in [5.74, 6) is -1.68. The number of rotatable bonds is 6. The summed E-state index contributed by atoms with van der Waals surface area (Å²) < 4.78 is 5.38. The number of benzene rings is 2. The standard InChI is InChI=1S/C24H23Cl3N2O4/c25-16-4-2-15(3-5-16)22(30)20-21(18-7-6-17(26)14-19(18)27)29(24(32)23(20)31)9-1-8-28-10-12-33-13-11-28/h2-7,14,21,30H,1,8-13H2/b22-20+/t21-/m0/s1. The Bertz CT molecular complexity index is 1080. The average Bonchev–Trinajstić information content (AvgIpc) is 3.05. The van der Waals surface area contributed by atoms with Crippen molar-refractivity contribution in [2.75, 3.05) is 39.4 Å². The van der Waals surface area contributed by atoms with E-state index in [4.69, 9.17) is 39.5 Å². The van der Waals surface area contributed by atoms with Crippen molar-refractivity contribution in [2.45, 2.75) is 12.5 Å². The van der Waals surface area contributed by atoms with Crippen LogP contribution in [0.25, 0.3) is 5.76 Å². The molecule has 9 heteroatoms. The lowest BCUT2D eigenvalue weighted by molar-refractivity contribution is -0.140. The van der Waals surface area contributed by atoms with E-state index in [0.29, 0.717) is 52.4 Å². The van der Waals surface area contributed by atoms with Crippen LogP contribution >= 0.6 is 34.8 Å². The van der Waals surface area contributed by atoms with Gasteiger partial charge >= 0.3 is 0 Å². The van der Waals surface area contributed by atoms with Gasteiger partial charge in [0.15, 0.2) is 0 Å². The minimum atomic E-state index is -0.824. The predicted octanol–water partition coefficient (Wildman–Crippen LogP) is 4.79. The number of aliphatic hydroxyl groups is 1. The van der Waals surface area contributed by atoms with Gasteiger partial charge in [0.2, 0.25) is 0 Å². The third kappa shape index (κ3) is 5.20. The van der Waals surface area contributed by atoms with Gasteiger partial charge in [-0.2, -0.15) is 0 Å². The van der Waals surface area contributed by atoms with E-state index in [9.17, 15) is 14.7 Å².